The Kier molecular flexibility index (Phi) is 2.01. The highest BCUT2D eigenvalue weighted by atomic mass is 35.5. The molecule has 12 heavy (non-hydrogen) atoms. The number of nitrogens with zero attached hydrogens (tertiary/aromatic N) is 3. The van der Waals surface area contributed by atoms with Crippen LogP contribution in [0.4, 0.5) is 0 Å². The molecule has 0 fully saturated rings. The normalized spacial score (nSPS) is 10.1. The van der Waals surface area contributed by atoms with E-state index < -0.39 is 0 Å². The summed E-state index contributed by atoms with van der Waals surface area (Å²) in [4.78, 5) is 4.99. The van der Waals surface area contributed by atoms with Crippen molar-refractivity contribution in [1.29, 1.82) is 0 Å². The second kappa shape index (κ2) is 3.16. The van der Waals surface area contributed by atoms with Gasteiger partial charge in [0.25, 0.3) is 0 Å². The maximum atomic E-state index is 5.65. The average molecular weight is 198 g/mol. The van der Waals surface area contributed by atoms with E-state index >= 15 is 0 Å². The third-order valence-corrected chi connectivity index (χ3v) is 2.32. The van der Waals surface area contributed by atoms with Gasteiger partial charge in [-0.25, -0.2) is 4.98 Å². The van der Waals surface area contributed by atoms with Gasteiger partial charge in [-0.3, -0.25) is 0 Å². The van der Waals surface area contributed by atoms with Gasteiger partial charge in [-0.15, -0.1) is 16.4 Å². The smallest absolute Gasteiger partial charge is 0.193 e. The third kappa shape index (κ3) is 1.44. The Balaban J connectivity index is 2.48. The Bertz CT molecular complexity index is 374. The van der Waals surface area contributed by atoms with Crippen LogP contribution in [0, 0.1) is 0 Å². The maximum absolute atomic E-state index is 5.65. The van der Waals surface area contributed by atoms with Gasteiger partial charge in [0, 0.05) is 0 Å². The van der Waals surface area contributed by atoms with Crippen LogP contribution in [-0.2, 0) is 0 Å². The zero-order valence-corrected chi connectivity index (χ0v) is 7.51. The van der Waals surface area contributed by atoms with Crippen molar-refractivity contribution in [2.24, 2.45) is 0 Å². The second-order valence-corrected chi connectivity index (χ2v) is 3.41. The fourth-order valence-electron chi connectivity index (χ4n) is 0.794. The van der Waals surface area contributed by atoms with Crippen LogP contribution in [0.2, 0.25) is 5.15 Å². The van der Waals surface area contributed by atoms with Gasteiger partial charge in [-0.1, -0.05) is 17.7 Å². The van der Waals surface area contributed by atoms with Gasteiger partial charge >= 0.3 is 0 Å². The van der Waals surface area contributed by atoms with Crippen LogP contribution >= 0.6 is 22.9 Å². The molecule has 2 heterocycles. The molecule has 0 amide bonds. The Hall–Kier alpha value is -1.00. The van der Waals surface area contributed by atoms with Crippen LogP contribution in [0.5, 0.6) is 0 Å². The number of hydrogen-bond acceptors (Lipinski definition) is 4. The molecule has 3 nitrogen and oxygen atoms in total. The van der Waals surface area contributed by atoms with Gasteiger partial charge in [-0.05, 0) is 11.4 Å². The number of thiophene rings is 1. The largest absolute Gasteiger partial charge is 0.212 e. The van der Waals surface area contributed by atoms with E-state index in [4.69, 9.17) is 11.6 Å². The van der Waals surface area contributed by atoms with Crippen LogP contribution < -0.4 is 0 Å². The highest BCUT2D eigenvalue weighted by Crippen LogP contribution is 2.20. The van der Waals surface area contributed by atoms with Crippen LogP contribution in [0.3, 0.4) is 0 Å². The highest BCUT2D eigenvalue weighted by molar-refractivity contribution is 7.13. The molecule has 0 aliphatic heterocycles. The zero-order chi connectivity index (χ0) is 8.39. The van der Waals surface area contributed by atoms with Crippen molar-refractivity contribution in [2.45, 2.75) is 0 Å². The van der Waals surface area contributed by atoms with Gasteiger partial charge in [0.1, 0.15) is 0 Å². The third-order valence-electron chi connectivity index (χ3n) is 1.27. The summed E-state index contributed by atoms with van der Waals surface area (Å²) in [5.74, 6) is 0.581. The van der Waals surface area contributed by atoms with Gasteiger partial charge in [0.15, 0.2) is 11.0 Å². The van der Waals surface area contributed by atoms with Crippen LogP contribution in [0.15, 0.2) is 23.7 Å². The Morgan fingerprint density at radius 3 is 3.00 bits per heavy atom. The number of aromatic nitrogens is 3. The minimum Gasteiger partial charge on any atom is -0.212 e. The number of rotatable bonds is 1. The minimum absolute atomic E-state index is 0.369. The fraction of sp³-hybridized carbons (Fsp3) is 0. The summed E-state index contributed by atoms with van der Waals surface area (Å²) in [6, 6.07) is 3.86. The van der Waals surface area contributed by atoms with E-state index in [1.54, 1.807) is 11.3 Å². The molecule has 0 spiro atoms. The lowest BCUT2D eigenvalue weighted by Crippen LogP contribution is -1.89. The Morgan fingerprint density at radius 1 is 1.42 bits per heavy atom. The Morgan fingerprint density at radius 2 is 2.33 bits per heavy atom. The molecule has 0 saturated heterocycles. The van der Waals surface area contributed by atoms with E-state index in [0.29, 0.717) is 11.0 Å². The first-order valence-electron chi connectivity index (χ1n) is 3.25. The molecule has 2 rings (SSSR count). The molecule has 2 aromatic heterocycles. The molecule has 0 aliphatic rings. The first-order valence-corrected chi connectivity index (χ1v) is 4.51. The van der Waals surface area contributed by atoms with Gasteiger partial charge < -0.3 is 0 Å². The van der Waals surface area contributed by atoms with Crippen molar-refractivity contribution in [2.75, 3.05) is 0 Å². The summed E-state index contributed by atoms with van der Waals surface area (Å²) in [7, 11) is 0. The number of halogens is 1. The molecule has 0 bridgehead atoms. The molecule has 0 saturated carbocycles. The second-order valence-electron chi connectivity index (χ2n) is 2.08. The first kappa shape index (κ1) is 7.64. The minimum atomic E-state index is 0.369. The molecule has 0 atom stereocenters. The van der Waals surface area contributed by atoms with E-state index in [2.05, 4.69) is 15.2 Å². The van der Waals surface area contributed by atoms with Crippen LogP contribution in [-0.4, -0.2) is 15.2 Å². The van der Waals surface area contributed by atoms with Gasteiger partial charge in [0.2, 0.25) is 0 Å². The predicted octanol–water partition coefficient (Wildman–Crippen LogP) is 2.25. The lowest BCUT2D eigenvalue weighted by Gasteiger charge is -1.92. The van der Waals surface area contributed by atoms with Crippen molar-refractivity contribution >= 4 is 22.9 Å². The predicted molar refractivity (Wildman–Crippen MR) is 48.2 cm³/mol. The van der Waals surface area contributed by atoms with Crippen molar-refractivity contribution in [3.8, 4) is 10.7 Å². The van der Waals surface area contributed by atoms with Crippen molar-refractivity contribution in [1.82, 2.24) is 15.2 Å². The molecule has 5 heteroatoms. The maximum Gasteiger partial charge on any atom is 0.193 e. The fourth-order valence-corrected chi connectivity index (χ4v) is 1.57. The van der Waals surface area contributed by atoms with E-state index in [1.807, 2.05) is 17.5 Å². The molecule has 60 valence electrons. The van der Waals surface area contributed by atoms with E-state index in [0.717, 1.165) is 4.88 Å². The first-order chi connectivity index (χ1) is 5.86. The highest BCUT2D eigenvalue weighted by Gasteiger charge is 2.02. The van der Waals surface area contributed by atoms with Crippen molar-refractivity contribution in [3.63, 3.8) is 0 Å². The molecule has 2 aromatic rings. The molecule has 0 N–H and O–H groups in total. The Labute approximate surface area is 78.1 Å². The molecular weight excluding hydrogens is 194 g/mol. The van der Waals surface area contributed by atoms with Gasteiger partial charge in [0.05, 0.1) is 11.1 Å². The zero-order valence-electron chi connectivity index (χ0n) is 5.94. The van der Waals surface area contributed by atoms with Crippen molar-refractivity contribution in [3.05, 3.63) is 28.9 Å². The lowest BCUT2D eigenvalue weighted by atomic mass is 10.4. The average Bonchev–Trinajstić information content (AvgIpc) is 2.56. The van der Waals surface area contributed by atoms with Crippen molar-refractivity contribution < 1.29 is 0 Å². The number of hydrogen-bond donors (Lipinski definition) is 0. The summed E-state index contributed by atoms with van der Waals surface area (Å²) in [5, 5.41) is 9.88. The molecule has 0 unspecified atom stereocenters. The monoisotopic (exact) mass is 197 g/mol. The summed E-state index contributed by atoms with van der Waals surface area (Å²) in [6.45, 7) is 0. The summed E-state index contributed by atoms with van der Waals surface area (Å²) in [6.07, 6.45) is 1.42. The van der Waals surface area contributed by atoms with E-state index in [9.17, 15) is 0 Å². The van der Waals surface area contributed by atoms with Crippen LogP contribution in [0.25, 0.3) is 10.7 Å². The topological polar surface area (TPSA) is 38.7 Å². The van der Waals surface area contributed by atoms with Gasteiger partial charge in [-0.2, -0.15) is 5.10 Å². The quantitative estimate of drug-likeness (QED) is 0.704. The van der Waals surface area contributed by atoms with E-state index in [1.165, 1.54) is 6.20 Å². The summed E-state index contributed by atoms with van der Waals surface area (Å²) < 4.78 is 0. The lowest BCUT2D eigenvalue weighted by molar-refractivity contribution is 0.984. The molecule has 0 radical (unpaired) electrons. The summed E-state index contributed by atoms with van der Waals surface area (Å²) >= 11 is 7.21. The molecular formula is C7H4ClN3S. The van der Waals surface area contributed by atoms with Crippen LogP contribution in [0.1, 0.15) is 0 Å². The summed E-state index contributed by atoms with van der Waals surface area (Å²) in [5.41, 5.74) is 0. The molecule has 0 aromatic carbocycles. The molecule has 0 aliphatic carbocycles. The standard InChI is InChI=1S/C7H4ClN3S/c8-6-4-9-11-7(10-6)5-2-1-3-12-5/h1-4H. The van der Waals surface area contributed by atoms with E-state index in [-0.39, 0.29) is 0 Å². The SMILES string of the molecule is Clc1cnnc(-c2cccs2)n1.